The van der Waals surface area contributed by atoms with Crippen LogP contribution >= 0.6 is 11.3 Å². The maximum Gasteiger partial charge on any atom is 0.219 e. The summed E-state index contributed by atoms with van der Waals surface area (Å²) >= 11 is 1.90. The Morgan fingerprint density at radius 2 is 1.84 bits per heavy atom. The van der Waals surface area contributed by atoms with Crippen molar-refractivity contribution in [1.82, 2.24) is 14.9 Å². The fraction of sp³-hybridized carbons (Fsp3) is 0.632. The monoisotopic (exact) mass is 356 g/mol. The molecule has 1 saturated carbocycles. The Balaban J connectivity index is 1.58. The Bertz CT molecular complexity index is 834. The second-order valence-corrected chi connectivity index (χ2v) is 8.65. The molecule has 5 rings (SSSR count). The van der Waals surface area contributed by atoms with E-state index >= 15 is 0 Å². The van der Waals surface area contributed by atoms with Crippen molar-refractivity contribution in [2.75, 3.05) is 31.1 Å². The highest BCUT2D eigenvalue weighted by molar-refractivity contribution is 7.19. The summed E-state index contributed by atoms with van der Waals surface area (Å²) in [6.07, 6.45) is 7.41. The highest BCUT2D eigenvalue weighted by atomic mass is 32.1. The van der Waals surface area contributed by atoms with Gasteiger partial charge in [-0.15, -0.1) is 11.3 Å². The number of carbonyl (C=O) groups is 1. The summed E-state index contributed by atoms with van der Waals surface area (Å²) in [5.74, 6) is 2.95. The number of nitrogens with zero attached hydrogens (tertiary/aromatic N) is 4. The number of aryl methyl sites for hydroxylation is 2. The molecule has 0 N–H and O–H groups in total. The number of carbonyl (C=O) groups excluding carboxylic acids is 1. The van der Waals surface area contributed by atoms with Gasteiger partial charge in [-0.25, -0.2) is 9.97 Å². The van der Waals surface area contributed by atoms with E-state index in [0.29, 0.717) is 5.92 Å². The molecule has 2 fully saturated rings. The minimum atomic E-state index is 0.180. The van der Waals surface area contributed by atoms with E-state index in [2.05, 4.69) is 4.90 Å². The van der Waals surface area contributed by atoms with Gasteiger partial charge in [0.05, 0.1) is 5.39 Å². The minimum Gasteiger partial charge on any atom is -0.352 e. The maximum atomic E-state index is 11.6. The minimum absolute atomic E-state index is 0.180. The van der Waals surface area contributed by atoms with Crippen LogP contribution < -0.4 is 4.90 Å². The van der Waals surface area contributed by atoms with Crippen LogP contribution in [-0.2, 0) is 17.6 Å². The average molecular weight is 356 g/mol. The quantitative estimate of drug-likeness (QED) is 0.830. The second kappa shape index (κ2) is 5.94. The zero-order valence-corrected chi connectivity index (χ0v) is 15.6. The van der Waals surface area contributed by atoms with Gasteiger partial charge >= 0.3 is 0 Å². The molecule has 25 heavy (non-hydrogen) atoms. The Morgan fingerprint density at radius 3 is 2.56 bits per heavy atom. The van der Waals surface area contributed by atoms with Crippen LogP contribution in [0.5, 0.6) is 0 Å². The van der Waals surface area contributed by atoms with Gasteiger partial charge in [0.15, 0.2) is 0 Å². The molecule has 1 saturated heterocycles. The molecular formula is C19H24N4OS. The van der Waals surface area contributed by atoms with Gasteiger partial charge in [0.25, 0.3) is 0 Å². The van der Waals surface area contributed by atoms with Crippen molar-refractivity contribution in [3.63, 3.8) is 0 Å². The van der Waals surface area contributed by atoms with Crippen LogP contribution in [0, 0.1) is 0 Å². The van der Waals surface area contributed by atoms with Gasteiger partial charge in [-0.3, -0.25) is 4.79 Å². The lowest BCUT2D eigenvalue weighted by molar-refractivity contribution is -0.129. The number of hydrogen-bond donors (Lipinski definition) is 0. The Morgan fingerprint density at radius 1 is 1.08 bits per heavy atom. The molecule has 0 bridgehead atoms. The van der Waals surface area contributed by atoms with Crippen LogP contribution in [-0.4, -0.2) is 47.0 Å². The van der Waals surface area contributed by atoms with E-state index in [1.165, 1.54) is 59.2 Å². The van der Waals surface area contributed by atoms with E-state index in [1.807, 2.05) is 16.2 Å². The summed E-state index contributed by atoms with van der Waals surface area (Å²) in [6, 6.07) is 0. The summed E-state index contributed by atoms with van der Waals surface area (Å²) in [5, 5.41) is 1.32. The SMILES string of the molecule is CC(=O)N1CCN(c2nc(C3CC3)nc3sc4c(c23)CCCC4)CC1. The molecule has 6 heteroatoms. The summed E-state index contributed by atoms with van der Waals surface area (Å²) in [5.41, 5.74) is 1.51. The third-order valence-electron chi connectivity index (χ3n) is 5.78. The van der Waals surface area contributed by atoms with Crippen LogP contribution in [0.1, 0.15) is 54.8 Å². The van der Waals surface area contributed by atoms with Crippen molar-refractivity contribution < 1.29 is 4.79 Å². The van der Waals surface area contributed by atoms with Crippen LogP contribution in [0.2, 0.25) is 0 Å². The molecule has 2 aliphatic carbocycles. The fourth-order valence-electron chi connectivity index (χ4n) is 4.14. The van der Waals surface area contributed by atoms with Crippen LogP contribution in [0.25, 0.3) is 10.2 Å². The normalized spacial score (nSPS) is 20.8. The number of anilines is 1. The number of piperazine rings is 1. The molecule has 3 heterocycles. The second-order valence-electron chi connectivity index (χ2n) is 7.56. The third-order valence-corrected chi connectivity index (χ3v) is 6.97. The standard InChI is InChI=1S/C19H24N4OS/c1-12(24)22-8-10-23(11-9-22)18-16-14-4-2-3-5-15(14)25-19(16)21-17(20-18)13-6-7-13/h13H,2-11H2,1H3. The average Bonchev–Trinajstić information content (AvgIpc) is 3.41. The highest BCUT2D eigenvalue weighted by Gasteiger charge is 2.31. The van der Waals surface area contributed by atoms with Crippen molar-refractivity contribution in [3.05, 3.63) is 16.3 Å². The van der Waals surface area contributed by atoms with Gasteiger partial charge in [-0.05, 0) is 44.1 Å². The predicted octanol–water partition coefficient (Wildman–Crippen LogP) is 3.12. The van der Waals surface area contributed by atoms with Crippen LogP contribution in [0.3, 0.4) is 0 Å². The molecule has 1 aliphatic heterocycles. The fourth-order valence-corrected chi connectivity index (χ4v) is 5.40. The van der Waals surface area contributed by atoms with Crippen molar-refractivity contribution in [2.45, 2.75) is 51.4 Å². The molecule has 0 atom stereocenters. The molecule has 0 aromatic carbocycles. The van der Waals surface area contributed by atoms with Crippen molar-refractivity contribution >= 4 is 33.3 Å². The Labute approximate surface area is 152 Å². The van der Waals surface area contributed by atoms with Crippen LogP contribution in [0.4, 0.5) is 5.82 Å². The van der Waals surface area contributed by atoms with Crippen LogP contribution in [0.15, 0.2) is 0 Å². The first kappa shape index (κ1) is 15.6. The molecule has 5 nitrogen and oxygen atoms in total. The molecule has 0 unspecified atom stereocenters. The molecule has 2 aromatic rings. The number of rotatable bonds is 2. The first-order valence-electron chi connectivity index (χ1n) is 9.53. The van der Waals surface area contributed by atoms with Gasteiger partial charge in [-0.1, -0.05) is 0 Å². The van der Waals surface area contributed by atoms with E-state index in [4.69, 9.17) is 9.97 Å². The largest absolute Gasteiger partial charge is 0.352 e. The van der Waals surface area contributed by atoms with Gasteiger partial charge in [0, 0.05) is 43.9 Å². The molecule has 1 amide bonds. The van der Waals surface area contributed by atoms with Gasteiger partial charge in [0.2, 0.25) is 5.91 Å². The lowest BCUT2D eigenvalue weighted by atomic mass is 9.97. The van der Waals surface area contributed by atoms with Gasteiger partial charge in [-0.2, -0.15) is 0 Å². The first-order valence-corrected chi connectivity index (χ1v) is 10.3. The van der Waals surface area contributed by atoms with E-state index < -0.39 is 0 Å². The molecule has 0 spiro atoms. The Kier molecular flexibility index (Phi) is 3.69. The van der Waals surface area contributed by atoms with Crippen molar-refractivity contribution in [3.8, 4) is 0 Å². The van der Waals surface area contributed by atoms with Gasteiger partial charge in [0.1, 0.15) is 16.5 Å². The summed E-state index contributed by atoms with van der Waals surface area (Å²) in [4.78, 5) is 28.7. The predicted molar refractivity (Wildman–Crippen MR) is 100 cm³/mol. The first-order chi connectivity index (χ1) is 12.2. The molecule has 3 aliphatic rings. The maximum absolute atomic E-state index is 11.6. The van der Waals surface area contributed by atoms with E-state index in [-0.39, 0.29) is 5.91 Å². The number of thiophene rings is 1. The Hall–Kier alpha value is -1.69. The topological polar surface area (TPSA) is 49.3 Å². The number of aromatic nitrogens is 2. The molecule has 0 radical (unpaired) electrons. The third kappa shape index (κ3) is 2.71. The zero-order valence-electron chi connectivity index (χ0n) is 14.8. The molecule has 2 aromatic heterocycles. The van der Waals surface area contributed by atoms with E-state index in [9.17, 15) is 4.79 Å². The zero-order chi connectivity index (χ0) is 17.0. The highest BCUT2D eigenvalue weighted by Crippen LogP contribution is 2.44. The number of hydrogen-bond acceptors (Lipinski definition) is 5. The summed E-state index contributed by atoms with van der Waals surface area (Å²) in [7, 11) is 0. The number of amides is 1. The van der Waals surface area contributed by atoms with Crippen molar-refractivity contribution in [1.29, 1.82) is 0 Å². The van der Waals surface area contributed by atoms with Crippen molar-refractivity contribution in [2.24, 2.45) is 0 Å². The molecular weight excluding hydrogens is 332 g/mol. The van der Waals surface area contributed by atoms with Gasteiger partial charge < -0.3 is 9.80 Å². The number of fused-ring (bicyclic) bond motifs is 3. The lowest BCUT2D eigenvalue weighted by Gasteiger charge is -2.35. The van der Waals surface area contributed by atoms with E-state index in [1.54, 1.807) is 6.92 Å². The lowest BCUT2D eigenvalue weighted by Crippen LogP contribution is -2.48. The van der Waals surface area contributed by atoms with E-state index in [0.717, 1.165) is 37.8 Å². The summed E-state index contributed by atoms with van der Waals surface area (Å²) in [6.45, 7) is 5.01. The summed E-state index contributed by atoms with van der Waals surface area (Å²) < 4.78 is 0. The smallest absolute Gasteiger partial charge is 0.219 e. The molecule has 132 valence electrons.